The summed E-state index contributed by atoms with van der Waals surface area (Å²) in [5.41, 5.74) is -0.261. The molecule has 0 bridgehead atoms. The molecule has 0 radical (unpaired) electrons. The summed E-state index contributed by atoms with van der Waals surface area (Å²) in [6, 6.07) is 1.45. The molecule has 2 aromatic rings. The first-order valence-electron chi connectivity index (χ1n) is 3.63. The van der Waals surface area contributed by atoms with E-state index in [1.807, 2.05) is 0 Å². The Hall–Kier alpha value is -1.03. The molecule has 1 aromatic heterocycles. The van der Waals surface area contributed by atoms with Gasteiger partial charge in [0.2, 0.25) is 0 Å². The van der Waals surface area contributed by atoms with Gasteiger partial charge in [0.15, 0.2) is 11.6 Å². The number of hydrogen-bond donors (Lipinski definition) is 0. The fraction of sp³-hybridized carbons (Fsp3) is 0.111. The largest absolute Gasteiger partial charge is 0.206 e. The Labute approximate surface area is 76.6 Å². The molecule has 0 amide bonds. The zero-order valence-corrected chi connectivity index (χ0v) is 7.51. The molecule has 13 heavy (non-hydrogen) atoms. The molecule has 0 aliphatic heterocycles. The maximum atomic E-state index is 13.3. The minimum atomic E-state index is -1.09. The van der Waals surface area contributed by atoms with Crippen LogP contribution in [0, 0.1) is 24.4 Å². The lowest BCUT2D eigenvalue weighted by atomic mass is 10.1. The van der Waals surface area contributed by atoms with Crippen LogP contribution in [0.4, 0.5) is 13.2 Å². The Balaban J connectivity index is 3.02. The first-order valence-corrected chi connectivity index (χ1v) is 4.51. The molecule has 0 saturated heterocycles. The van der Waals surface area contributed by atoms with E-state index in [2.05, 4.69) is 0 Å². The van der Waals surface area contributed by atoms with Crippen LogP contribution in [0.15, 0.2) is 11.4 Å². The average Bonchev–Trinajstić information content (AvgIpc) is 2.59. The van der Waals surface area contributed by atoms with Crippen LogP contribution in [0.5, 0.6) is 0 Å². The molecule has 0 aliphatic carbocycles. The van der Waals surface area contributed by atoms with Crippen LogP contribution in [0.3, 0.4) is 0 Å². The Bertz CT molecular complexity index is 431. The van der Waals surface area contributed by atoms with Gasteiger partial charge in [-0.1, -0.05) is 0 Å². The van der Waals surface area contributed by atoms with Gasteiger partial charge in [-0.3, -0.25) is 0 Å². The second-order valence-corrected chi connectivity index (χ2v) is 3.65. The van der Waals surface area contributed by atoms with Crippen molar-refractivity contribution in [2.24, 2.45) is 0 Å². The average molecular weight is 202 g/mol. The summed E-state index contributed by atoms with van der Waals surface area (Å²) in [4.78, 5) is 0. The van der Waals surface area contributed by atoms with Crippen LogP contribution in [-0.2, 0) is 0 Å². The molecule has 4 heteroatoms. The molecule has 0 nitrogen and oxygen atoms in total. The van der Waals surface area contributed by atoms with Gasteiger partial charge in [0.1, 0.15) is 5.82 Å². The molecule has 0 unspecified atom stereocenters. The highest BCUT2D eigenvalue weighted by molar-refractivity contribution is 7.17. The van der Waals surface area contributed by atoms with Crippen molar-refractivity contribution >= 4 is 21.4 Å². The second kappa shape index (κ2) is 2.73. The predicted molar refractivity (Wildman–Crippen MR) is 46.4 cm³/mol. The number of rotatable bonds is 0. The summed E-state index contributed by atoms with van der Waals surface area (Å²) in [5, 5.41) is 1.69. The molecule has 0 aliphatic rings. The Morgan fingerprint density at radius 3 is 2.46 bits per heavy atom. The zero-order valence-electron chi connectivity index (χ0n) is 6.70. The van der Waals surface area contributed by atoms with Crippen LogP contribution < -0.4 is 0 Å². The van der Waals surface area contributed by atoms with Crippen molar-refractivity contribution in [3.63, 3.8) is 0 Å². The predicted octanol–water partition coefficient (Wildman–Crippen LogP) is 3.63. The van der Waals surface area contributed by atoms with Crippen LogP contribution in [0.2, 0.25) is 0 Å². The van der Waals surface area contributed by atoms with Crippen LogP contribution >= 0.6 is 11.3 Å². The Morgan fingerprint density at radius 1 is 1.08 bits per heavy atom. The highest BCUT2D eigenvalue weighted by Gasteiger charge is 2.17. The van der Waals surface area contributed by atoms with Gasteiger partial charge in [-0.15, -0.1) is 11.3 Å². The van der Waals surface area contributed by atoms with Crippen molar-refractivity contribution < 1.29 is 13.2 Å². The summed E-state index contributed by atoms with van der Waals surface area (Å²) in [6.45, 7) is 1.23. The third-order valence-corrected chi connectivity index (χ3v) is 2.86. The standard InChI is InChI=1S/C9H5F3S/c1-4-6(10)5-2-3-13-9(5)8(12)7(4)11/h2-3H,1H3. The van der Waals surface area contributed by atoms with Gasteiger partial charge in [-0.05, 0) is 18.4 Å². The minimum Gasteiger partial charge on any atom is -0.206 e. The number of thiophene rings is 1. The lowest BCUT2D eigenvalue weighted by Gasteiger charge is -2.01. The fourth-order valence-electron chi connectivity index (χ4n) is 1.21. The number of hydrogen-bond acceptors (Lipinski definition) is 1. The van der Waals surface area contributed by atoms with Gasteiger partial charge in [0, 0.05) is 10.9 Å². The molecule has 0 spiro atoms. The van der Waals surface area contributed by atoms with Gasteiger partial charge in [0.05, 0.1) is 4.70 Å². The van der Waals surface area contributed by atoms with Crippen LogP contribution in [0.25, 0.3) is 10.1 Å². The van der Waals surface area contributed by atoms with Gasteiger partial charge in [-0.2, -0.15) is 0 Å². The topological polar surface area (TPSA) is 0 Å². The molecule has 1 heterocycles. The third kappa shape index (κ3) is 1.05. The lowest BCUT2D eigenvalue weighted by Crippen LogP contribution is -1.93. The quantitative estimate of drug-likeness (QED) is 0.572. The SMILES string of the molecule is Cc1c(F)c(F)c2sccc2c1F. The van der Waals surface area contributed by atoms with Crippen LogP contribution in [0.1, 0.15) is 5.56 Å². The van der Waals surface area contributed by atoms with Crippen LogP contribution in [-0.4, -0.2) is 0 Å². The monoisotopic (exact) mass is 202 g/mol. The van der Waals surface area contributed by atoms with Crippen molar-refractivity contribution in [3.05, 3.63) is 34.5 Å². The van der Waals surface area contributed by atoms with Crippen molar-refractivity contribution in [1.82, 2.24) is 0 Å². The normalized spacial score (nSPS) is 11.1. The van der Waals surface area contributed by atoms with E-state index in [9.17, 15) is 13.2 Å². The highest BCUT2D eigenvalue weighted by atomic mass is 32.1. The summed E-state index contributed by atoms with van der Waals surface area (Å²) in [7, 11) is 0. The molecule has 0 saturated carbocycles. The molecule has 0 N–H and O–H groups in total. The van der Waals surface area contributed by atoms with Crippen molar-refractivity contribution in [2.75, 3.05) is 0 Å². The summed E-state index contributed by atoms with van der Waals surface area (Å²) >= 11 is 0.996. The highest BCUT2D eigenvalue weighted by Crippen LogP contribution is 2.30. The van der Waals surface area contributed by atoms with Gasteiger partial charge in [0.25, 0.3) is 0 Å². The van der Waals surface area contributed by atoms with Crippen molar-refractivity contribution in [1.29, 1.82) is 0 Å². The van der Waals surface area contributed by atoms with Gasteiger partial charge < -0.3 is 0 Å². The Kier molecular flexibility index (Phi) is 1.80. The zero-order chi connectivity index (χ0) is 9.59. The van der Waals surface area contributed by atoms with E-state index in [-0.39, 0.29) is 15.6 Å². The Morgan fingerprint density at radius 2 is 1.77 bits per heavy atom. The second-order valence-electron chi connectivity index (χ2n) is 2.73. The van der Waals surface area contributed by atoms with Gasteiger partial charge in [-0.25, -0.2) is 13.2 Å². The molecular formula is C9H5F3S. The molecular weight excluding hydrogens is 197 g/mol. The summed E-state index contributed by atoms with van der Waals surface area (Å²) in [6.07, 6.45) is 0. The summed E-state index contributed by atoms with van der Waals surface area (Å²) < 4.78 is 39.4. The molecule has 2 rings (SSSR count). The number of halogens is 3. The maximum absolute atomic E-state index is 13.3. The first kappa shape index (κ1) is 8.56. The minimum absolute atomic E-state index is 0.0422. The molecule has 1 aromatic carbocycles. The molecule has 0 fully saturated rings. The van der Waals surface area contributed by atoms with E-state index in [4.69, 9.17) is 0 Å². The third-order valence-electron chi connectivity index (χ3n) is 1.95. The van der Waals surface area contributed by atoms with E-state index < -0.39 is 17.5 Å². The molecule has 0 atom stereocenters. The van der Waals surface area contributed by atoms with E-state index >= 15 is 0 Å². The number of benzene rings is 1. The van der Waals surface area contributed by atoms with Gasteiger partial charge >= 0.3 is 0 Å². The lowest BCUT2D eigenvalue weighted by molar-refractivity contribution is 0.498. The van der Waals surface area contributed by atoms with E-state index in [0.29, 0.717) is 0 Å². The molecule has 68 valence electrons. The first-order chi connectivity index (χ1) is 6.13. The summed E-state index contributed by atoms with van der Waals surface area (Å²) in [5.74, 6) is -2.72. The fourth-order valence-corrected chi connectivity index (χ4v) is 2.03. The van der Waals surface area contributed by atoms with E-state index in [1.165, 1.54) is 18.4 Å². The maximum Gasteiger partial charge on any atom is 0.177 e. The number of fused-ring (bicyclic) bond motifs is 1. The smallest absolute Gasteiger partial charge is 0.177 e. The van der Waals surface area contributed by atoms with Crippen molar-refractivity contribution in [3.8, 4) is 0 Å². The van der Waals surface area contributed by atoms with E-state index in [1.54, 1.807) is 0 Å². The van der Waals surface area contributed by atoms with E-state index in [0.717, 1.165) is 11.3 Å². The van der Waals surface area contributed by atoms with Crippen molar-refractivity contribution in [2.45, 2.75) is 6.92 Å².